The van der Waals surface area contributed by atoms with Gasteiger partial charge in [0.25, 0.3) is 0 Å². The number of nitrogens with two attached hydrogens (primary N) is 1. The van der Waals surface area contributed by atoms with E-state index in [1.54, 1.807) is 12.4 Å². The van der Waals surface area contributed by atoms with Crippen molar-refractivity contribution in [1.29, 1.82) is 0 Å². The molecule has 2 heterocycles. The van der Waals surface area contributed by atoms with Gasteiger partial charge in [0.1, 0.15) is 0 Å². The third kappa shape index (κ3) is 2.05. The fraction of sp³-hybridized carbons (Fsp3) is 0.273. The van der Waals surface area contributed by atoms with E-state index in [0.29, 0.717) is 6.54 Å². The van der Waals surface area contributed by atoms with Gasteiger partial charge in [0.15, 0.2) is 0 Å². The Kier molecular flexibility index (Phi) is 2.78. The van der Waals surface area contributed by atoms with Crippen LogP contribution < -0.4 is 5.73 Å². The molecule has 0 fully saturated rings. The van der Waals surface area contributed by atoms with Crippen molar-refractivity contribution in [3.05, 3.63) is 36.3 Å². The molecule has 0 aliphatic heterocycles. The highest BCUT2D eigenvalue weighted by Crippen LogP contribution is 2.20. The highest BCUT2D eigenvalue weighted by molar-refractivity contribution is 5.61. The van der Waals surface area contributed by atoms with Gasteiger partial charge in [0.05, 0.1) is 5.69 Å². The normalized spacial score (nSPS) is 10.5. The monoisotopic (exact) mass is 202 g/mol. The summed E-state index contributed by atoms with van der Waals surface area (Å²) in [5.41, 5.74) is 8.85. The molecule has 0 saturated heterocycles. The summed E-state index contributed by atoms with van der Waals surface area (Å²) in [6.07, 6.45) is 6.42. The Bertz CT molecular complexity index is 433. The number of nitrogens with zero attached hydrogens (tertiary/aromatic N) is 3. The first-order chi connectivity index (χ1) is 7.31. The SMILES string of the molecule is Cn1cc(CCN)c(-c2ccncc2)n1. The Hall–Kier alpha value is -1.68. The number of rotatable bonds is 3. The topological polar surface area (TPSA) is 56.7 Å². The lowest BCUT2D eigenvalue weighted by molar-refractivity contribution is 0.769. The highest BCUT2D eigenvalue weighted by Gasteiger charge is 2.08. The molecular weight excluding hydrogens is 188 g/mol. The first-order valence-corrected chi connectivity index (χ1v) is 4.94. The number of hydrogen-bond donors (Lipinski definition) is 1. The minimum atomic E-state index is 0.643. The molecule has 78 valence electrons. The fourth-order valence-electron chi connectivity index (χ4n) is 1.63. The van der Waals surface area contributed by atoms with Crippen molar-refractivity contribution in [2.24, 2.45) is 12.8 Å². The van der Waals surface area contributed by atoms with E-state index >= 15 is 0 Å². The largest absolute Gasteiger partial charge is 0.330 e. The second kappa shape index (κ2) is 4.23. The summed E-state index contributed by atoms with van der Waals surface area (Å²) in [7, 11) is 1.92. The molecular formula is C11H14N4. The van der Waals surface area contributed by atoms with Gasteiger partial charge >= 0.3 is 0 Å². The number of aryl methyl sites for hydroxylation is 1. The number of hydrogen-bond acceptors (Lipinski definition) is 3. The Morgan fingerprint density at radius 1 is 1.33 bits per heavy atom. The lowest BCUT2D eigenvalue weighted by Crippen LogP contribution is -2.02. The average Bonchev–Trinajstić information content (AvgIpc) is 2.62. The first-order valence-electron chi connectivity index (χ1n) is 4.94. The molecule has 2 rings (SSSR count). The minimum Gasteiger partial charge on any atom is -0.330 e. The molecule has 0 atom stereocenters. The fourth-order valence-corrected chi connectivity index (χ4v) is 1.63. The maximum atomic E-state index is 5.57. The van der Waals surface area contributed by atoms with Gasteiger partial charge in [0, 0.05) is 31.2 Å². The summed E-state index contributed by atoms with van der Waals surface area (Å²) >= 11 is 0. The maximum absolute atomic E-state index is 5.57. The van der Waals surface area contributed by atoms with Crippen LogP contribution >= 0.6 is 0 Å². The van der Waals surface area contributed by atoms with Crippen molar-refractivity contribution in [3.63, 3.8) is 0 Å². The molecule has 0 saturated carbocycles. The average molecular weight is 202 g/mol. The second-order valence-electron chi connectivity index (χ2n) is 3.45. The summed E-state index contributed by atoms with van der Waals surface area (Å²) in [6, 6.07) is 3.92. The van der Waals surface area contributed by atoms with E-state index in [0.717, 1.165) is 17.7 Å². The van der Waals surface area contributed by atoms with Crippen LogP contribution in [0.5, 0.6) is 0 Å². The quantitative estimate of drug-likeness (QED) is 0.807. The van der Waals surface area contributed by atoms with Gasteiger partial charge in [0.2, 0.25) is 0 Å². The van der Waals surface area contributed by atoms with E-state index in [9.17, 15) is 0 Å². The van der Waals surface area contributed by atoms with Crippen LogP contribution in [0.3, 0.4) is 0 Å². The van der Waals surface area contributed by atoms with Crippen LogP contribution in [0.2, 0.25) is 0 Å². The highest BCUT2D eigenvalue weighted by atomic mass is 15.2. The number of aromatic nitrogens is 3. The van der Waals surface area contributed by atoms with Gasteiger partial charge in [-0.15, -0.1) is 0 Å². The molecule has 0 radical (unpaired) electrons. The predicted octanol–water partition coefficient (Wildman–Crippen LogP) is 0.983. The third-order valence-corrected chi connectivity index (χ3v) is 2.27. The smallest absolute Gasteiger partial charge is 0.0956 e. The Balaban J connectivity index is 2.43. The van der Waals surface area contributed by atoms with Crippen LogP contribution in [0.1, 0.15) is 5.56 Å². The molecule has 0 aliphatic rings. The molecule has 4 heteroatoms. The van der Waals surface area contributed by atoms with Crippen LogP contribution in [-0.4, -0.2) is 21.3 Å². The van der Waals surface area contributed by atoms with E-state index in [1.165, 1.54) is 5.56 Å². The molecule has 2 aromatic rings. The zero-order valence-electron chi connectivity index (χ0n) is 8.72. The summed E-state index contributed by atoms with van der Waals surface area (Å²) < 4.78 is 1.82. The first kappa shape index (κ1) is 9.86. The van der Waals surface area contributed by atoms with Crippen molar-refractivity contribution in [2.75, 3.05) is 6.54 Å². The van der Waals surface area contributed by atoms with E-state index < -0.39 is 0 Å². The van der Waals surface area contributed by atoms with E-state index in [2.05, 4.69) is 10.1 Å². The van der Waals surface area contributed by atoms with E-state index in [4.69, 9.17) is 5.73 Å². The lowest BCUT2D eigenvalue weighted by atomic mass is 10.1. The molecule has 0 spiro atoms. The van der Waals surface area contributed by atoms with Gasteiger partial charge in [-0.2, -0.15) is 5.10 Å². The lowest BCUT2D eigenvalue weighted by Gasteiger charge is -1.99. The predicted molar refractivity (Wildman–Crippen MR) is 59.2 cm³/mol. The third-order valence-electron chi connectivity index (χ3n) is 2.27. The Labute approximate surface area is 88.8 Å². The summed E-state index contributed by atoms with van der Waals surface area (Å²) in [5.74, 6) is 0. The Morgan fingerprint density at radius 2 is 2.07 bits per heavy atom. The maximum Gasteiger partial charge on any atom is 0.0956 e. The van der Waals surface area contributed by atoms with Crippen LogP contribution in [0.25, 0.3) is 11.3 Å². The zero-order chi connectivity index (χ0) is 10.7. The van der Waals surface area contributed by atoms with Gasteiger partial charge in [-0.25, -0.2) is 0 Å². The standard InChI is InChI=1S/C11H14N4/c1-15-8-10(2-5-12)11(14-15)9-3-6-13-7-4-9/h3-4,6-8H,2,5,12H2,1H3. The summed E-state index contributed by atoms with van der Waals surface area (Å²) in [4.78, 5) is 3.99. The van der Waals surface area contributed by atoms with Gasteiger partial charge < -0.3 is 5.73 Å². The number of pyridine rings is 1. The zero-order valence-corrected chi connectivity index (χ0v) is 8.72. The van der Waals surface area contributed by atoms with Gasteiger partial charge in [-0.3, -0.25) is 9.67 Å². The molecule has 2 N–H and O–H groups in total. The van der Waals surface area contributed by atoms with Crippen molar-refractivity contribution in [2.45, 2.75) is 6.42 Å². The van der Waals surface area contributed by atoms with Crippen molar-refractivity contribution in [3.8, 4) is 11.3 Å². The van der Waals surface area contributed by atoms with Crippen molar-refractivity contribution in [1.82, 2.24) is 14.8 Å². The molecule has 0 aromatic carbocycles. The van der Waals surface area contributed by atoms with E-state index in [-0.39, 0.29) is 0 Å². The molecule has 0 bridgehead atoms. The van der Waals surface area contributed by atoms with Crippen molar-refractivity contribution < 1.29 is 0 Å². The minimum absolute atomic E-state index is 0.643. The van der Waals surface area contributed by atoms with Crippen LogP contribution in [0.15, 0.2) is 30.7 Å². The van der Waals surface area contributed by atoms with Crippen LogP contribution in [-0.2, 0) is 13.5 Å². The molecule has 4 nitrogen and oxygen atoms in total. The van der Waals surface area contributed by atoms with Gasteiger partial charge in [-0.05, 0) is 30.7 Å². The van der Waals surface area contributed by atoms with E-state index in [1.807, 2.05) is 30.1 Å². The summed E-state index contributed by atoms with van der Waals surface area (Å²) in [6.45, 7) is 0.643. The molecule has 0 amide bonds. The molecule has 15 heavy (non-hydrogen) atoms. The van der Waals surface area contributed by atoms with Crippen LogP contribution in [0.4, 0.5) is 0 Å². The molecule has 0 aliphatic carbocycles. The molecule has 0 unspecified atom stereocenters. The van der Waals surface area contributed by atoms with Crippen molar-refractivity contribution >= 4 is 0 Å². The second-order valence-corrected chi connectivity index (χ2v) is 3.45. The molecule has 2 aromatic heterocycles. The Morgan fingerprint density at radius 3 is 2.73 bits per heavy atom. The van der Waals surface area contributed by atoms with Crippen LogP contribution in [0, 0.1) is 0 Å². The van der Waals surface area contributed by atoms with Gasteiger partial charge in [-0.1, -0.05) is 0 Å². The summed E-state index contributed by atoms with van der Waals surface area (Å²) in [5, 5.41) is 4.43.